The number of ether oxygens (including phenoxy) is 1. The molecule has 1 amide bonds. The lowest BCUT2D eigenvalue weighted by Gasteiger charge is -2.24. The van der Waals surface area contributed by atoms with Crippen LogP contribution < -0.4 is 20.3 Å². The summed E-state index contributed by atoms with van der Waals surface area (Å²) >= 11 is 0. The Morgan fingerprint density at radius 3 is 2.76 bits per heavy atom. The zero-order valence-electron chi connectivity index (χ0n) is 14.6. The maximum absolute atomic E-state index is 13.3. The molecule has 1 aliphatic carbocycles. The van der Waals surface area contributed by atoms with Crippen LogP contribution in [0.1, 0.15) is 19.3 Å². The second-order valence-corrected chi connectivity index (χ2v) is 7.51. The van der Waals surface area contributed by atoms with Crippen LogP contribution in [-0.4, -0.2) is 50.9 Å². The van der Waals surface area contributed by atoms with Gasteiger partial charge in [-0.05, 0) is 43.0 Å². The van der Waals surface area contributed by atoms with E-state index in [0.29, 0.717) is 24.8 Å². The number of carbonyl (C=O) groups excluding carboxylic acids is 1. The Bertz CT molecular complexity index is 624. The van der Waals surface area contributed by atoms with E-state index in [2.05, 4.69) is 27.7 Å². The topological polar surface area (TPSA) is 53.6 Å². The molecule has 2 N–H and O–H groups in total. The summed E-state index contributed by atoms with van der Waals surface area (Å²) in [5, 5.41) is 6.16. The van der Waals surface area contributed by atoms with E-state index in [1.807, 2.05) is 12.1 Å². The van der Waals surface area contributed by atoms with Gasteiger partial charge in [0.25, 0.3) is 0 Å². The molecule has 136 valence electrons. The average Bonchev–Trinajstić information content (AvgIpc) is 3.32. The van der Waals surface area contributed by atoms with Crippen molar-refractivity contribution in [3.63, 3.8) is 0 Å². The third-order valence-electron chi connectivity index (χ3n) is 6.02. The summed E-state index contributed by atoms with van der Waals surface area (Å²) < 4.78 is 18.5. The van der Waals surface area contributed by atoms with Crippen molar-refractivity contribution in [1.29, 1.82) is 0 Å². The molecule has 1 aromatic rings. The van der Waals surface area contributed by atoms with Crippen LogP contribution >= 0.6 is 0 Å². The predicted molar refractivity (Wildman–Crippen MR) is 94.7 cm³/mol. The lowest BCUT2D eigenvalue weighted by Crippen LogP contribution is -2.47. The summed E-state index contributed by atoms with van der Waals surface area (Å²) in [5.41, 5.74) is 1.21. The van der Waals surface area contributed by atoms with E-state index >= 15 is 0 Å². The standard InChI is InChI=1S/C19H26FN3O2/c1-25-15-5-3-14(4-6-15)23-10-12-2-7-17(16(12)11-23)22-19(24)18-8-13(20)9-21-18/h3-6,12-13,16-18,21H,2,7-11H2,1H3,(H,22,24)/t12-,13-,16+,17+,18+/m1/s1. The number of hydrogen-bond donors (Lipinski definition) is 2. The molecule has 3 fully saturated rings. The first-order valence-electron chi connectivity index (χ1n) is 9.21. The fraction of sp³-hybridized carbons (Fsp3) is 0.632. The van der Waals surface area contributed by atoms with Gasteiger partial charge in [0.05, 0.1) is 13.2 Å². The third-order valence-corrected chi connectivity index (χ3v) is 6.02. The van der Waals surface area contributed by atoms with Gasteiger partial charge in [0.2, 0.25) is 5.91 Å². The first-order valence-corrected chi connectivity index (χ1v) is 9.21. The van der Waals surface area contributed by atoms with Crippen molar-refractivity contribution in [2.24, 2.45) is 11.8 Å². The second kappa shape index (κ2) is 6.83. The number of rotatable bonds is 4. The minimum Gasteiger partial charge on any atom is -0.497 e. The van der Waals surface area contributed by atoms with Crippen LogP contribution in [0, 0.1) is 11.8 Å². The van der Waals surface area contributed by atoms with Gasteiger partial charge in [-0.2, -0.15) is 0 Å². The molecule has 5 atom stereocenters. The van der Waals surface area contributed by atoms with Gasteiger partial charge < -0.3 is 20.3 Å². The van der Waals surface area contributed by atoms with Gasteiger partial charge in [0, 0.05) is 43.7 Å². The van der Waals surface area contributed by atoms with Gasteiger partial charge in [-0.15, -0.1) is 0 Å². The molecule has 2 saturated heterocycles. The number of fused-ring (bicyclic) bond motifs is 1. The predicted octanol–water partition coefficient (Wildman–Crippen LogP) is 1.73. The van der Waals surface area contributed by atoms with E-state index in [4.69, 9.17) is 4.74 Å². The van der Waals surface area contributed by atoms with Crippen molar-refractivity contribution in [3.8, 4) is 5.75 Å². The number of hydrogen-bond acceptors (Lipinski definition) is 4. The van der Waals surface area contributed by atoms with Crippen LogP contribution in [0.15, 0.2) is 24.3 Å². The highest BCUT2D eigenvalue weighted by Gasteiger charge is 2.44. The number of amides is 1. The first-order chi connectivity index (χ1) is 12.1. The highest BCUT2D eigenvalue weighted by Crippen LogP contribution is 2.40. The quantitative estimate of drug-likeness (QED) is 0.871. The van der Waals surface area contributed by atoms with Crippen LogP contribution in [0.3, 0.4) is 0 Å². The number of benzene rings is 1. The number of halogens is 1. The molecule has 1 saturated carbocycles. The van der Waals surface area contributed by atoms with Crippen molar-refractivity contribution in [3.05, 3.63) is 24.3 Å². The minimum absolute atomic E-state index is 0.0336. The molecule has 0 unspecified atom stereocenters. The number of carbonyl (C=O) groups is 1. The number of anilines is 1. The Balaban J connectivity index is 1.37. The van der Waals surface area contributed by atoms with Gasteiger partial charge >= 0.3 is 0 Å². The van der Waals surface area contributed by atoms with Crippen LogP contribution in [-0.2, 0) is 4.79 Å². The van der Waals surface area contributed by atoms with E-state index in [1.165, 1.54) is 5.69 Å². The van der Waals surface area contributed by atoms with Crippen molar-refractivity contribution in [1.82, 2.24) is 10.6 Å². The van der Waals surface area contributed by atoms with Gasteiger partial charge in [0.1, 0.15) is 11.9 Å². The fourth-order valence-corrected chi connectivity index (χ4v) is 4.62. The van der Waals surface area contributed by atoms with Crippen LogP contribution in [0.5, 0.6) is 5.75 Å². The van der Waals surface area contributed by atoms with Gasteiger partial charge in [-0.1, -0.05) is 0 Å². The molecule has 1 aromatic carbocycles. The fourth-order valence-electron chi connectivity index (χ4n) is 4.62. The molecular formula is C19H26FN3O2. The Hall–Kier alpha value is -1.82. The smallest absolute Gasteiger partial charge is 0.237 e. The lowest BCUT2D eigenvalue weighted by molar-refractivity contribution is -0.123. The van der Waals surface area contributed by atoms with Crippen molar-refractivity contribution in [2.75, 3.05) is 31.6 Å². The monoisotopic (exact) mass is 347 g/mol. The lowest BCUT2D eigenvalue weighted by atomic mass is 9.97. The van der Waals surface area contributed by atoms with Crippen LogP contribution in [0.25, 0.3) is 0 Å². The normalized spacial score (nSPS) is 34.2. The zero-order chi connectivity index (χ0) is 17.4. The largest absolute Gasteiger partial charge is 0.497 e. The maximum atomic E-state index is 13.3. The van der Waals surface area contributed by atoms with Crippen molar-refractivity contribution in [2.45, 2.75) is 37.5 Å². The summed E-state index contributed by atoms with van der Waals surface area (Å²) in [4.78, 5) is 14.8. The minimum atomic E-state index is -0.899. The number of nitrogens with one attached hydrogen (secondary N) is 2. The maximum Gasteiger partial charge on any atom is 0.237 e. The Labute approximate surface area is 147 Å². The molecule has 4 rings (SSSR count). The molecule has 2 aliphatic heterocycles. The highest BCUT2D eigenvalue weighted by molar-refractivity contribution is 5.82. The van der Waals surface area contributed by atoms with E-state index < -0.39 is 6.17 Å². The molecule has 25 heavy (non-hydrogen) atoms. The summed E-state index contributed by atoms with van der Waals surface area (Å²) in [6.07, 6.45) is 1.57. The second-order valence-electron chi connectivity index (χ2n) is 7.51. The van der Waals surface area contributed by atoms with Crippen molar-refractivity contribution < 1.29 is 13.9 Å². The molecule has 0 spiro atoms. The number of nitrogens with zero attached hydrogens (tertiary/aromatic N) is 1. The summed E-state index contributed by atoms with van der Waals surface area (Å²) in [6.45, 7) is 2.30. The summed E-state index contributed by atoms with van der Waals surface area (Å²) in [6, 6.07) is 8.01. The molecule has 0 radical (unpaired) electrons. The van der Waals surface area contributed by atoms with Gasteiger partial charge in [-0.3, -0.25) is 4.79 Å². The number of methoxy groups -OCH3 is 1. The number of alkyl halides is 1. The molecule has 6 heteroatoms. The first kappa shape index (κ1) is 16.6. The summed E-state index contributed by atoms with van der Waals surface area (Å²) in [7, 11) is 1.67. The SMILES string of the molecule is COc1ccc(N2C[C@H]3CC[C@H](NC(=O)[C@@H]4C[C@@H](F)CN4)[C@H]3C2)cc1. The molecule has 0 aromatic heterocycles. The van der Waals surface area contributed by atoms with E-state index in [-0.39, 0.29) is 18.0 Å². The molecule has 2 heterocycles. The Morgan fingerprint density at radius 1 is 1.28 bits per heavy atom. The molecule has 3 aliphatic rings. The molecule has 0 bridgehead atoms. The van der Waals surface area contributed by atoms with Crippen LogP contribution in [0.4, 0.5) is 10.1 Å². The average molecular weight is 347 g/mol. The van der Waals surface area contributed by atoms with E-state index in [9.17, 15) is 9.18 Å². The van der Waals surface area contributed by atoms with E-state index in [0.717, 1.165) is 31.7 Å². The van der Waals surface area contributed by atoms with Crippen LogP contribution in [0.2, 0.25) is 0 Å². The molecular weight excluding hydrogens is 321 g/mol. The molecule has 5 nitrogen and oxygen atoms in total. The van der Waals surface area contributed by atoms with Gasteiger partial charge in [0.15, 0.2) is 0 Å². The van der Waals surface area contributed by atoms with Crippen molar-refractivity contribution >= 4 is 11.6 Å². The Morgan fingerprint density at radius 2 is 2.08 bits per heavy atom. The van der Waals surface area contributed by atoms with E-state index in [1.54, 1.807) is 7.11 Å². The third kappa shape index (κ3) is 3.32. The highest BCUT2D eigenvalue weighted by atomic mass is 19.1. The van der Waals surface area contributed by atoms with Gasteiger partial charge in [-0.25, -0.2) is 4.39 Å². The zero-order valence-corrected chi connectivity index (χ0v) is 14.6. The Kier molecular flexibility index (Phi) is 4.54. The summed E-state index contributed by atoms with van der Waals surface area (Å²) in [5.74, 6) is 1.93.